The minimum Gasteiger partial charge on any atom is -0.392 e. The Labute approximate surface area is 102 Å². The topological polar surface area (TPSA) is 55.1 Å². The van der Waals surface area contributed by atoms with Gasteiger partial charge in [-0.15, -0.1) is 0 Å². The molecule has 90 valence electrons. The maximum atomic E-state index is 11.9. The molecule has 0 aromatic carbocycles. The number of rotatable bonds is 5. The number of nitrogens with one attached hydrogen (secondary N) is 1. The maximum Gasteiger partial charge on any atom is 0.232 e. The van der Waals surface area contributed by atoms with E-state index < -0.39 is 5.41 Å². The predicted octanol–water partition coefficient (Wildman–Crippen LogP) is 1.61. The summed E-state index contributed by atoms with van der Waals surface area (Å²) >= 11 is 4.91. The highest BCUT2D eigenvalue weighted by molar-refractivity contribution is 7.80. The van der Waals surface area contributed by atoms with E-state index in [2.05, 4.69) is 5.32 Å². The van der Waals surface area contributed by atoms with Crippen LogP contribution < -0.4 is 11.1 Å². The Hall–Kier alpha value is -0.640. The van der Waals surface area contributed by atoms with Gasteiger partial charge < -0.3 is 11.1 Å². The van der Waals surface area contributed by atoms with Gasteiger partial charge in [0.05, 0.1) is 10.4 Å². The second-order valence-corrected chi connectivity index (χ2v) is 6.25. The third kappa shape index (κ3) is 2.08. The molecule has 0 radical (unpaired) electrons. The zero-order valence-corrected chi connectivity index (χ0v) is 10.8. The first-order chi connectivity index (χ1) is 7.38. The van der Waals surface area contributed by atoms with Crippen LogP contribution in [0.25, 0.3) is 0 Å². The fourth-order valence-corrected chi connectivity index (χ4v) is 2.27. The van der Waals surface area contributed by atoms with Crippen molar-refractivity contribution < 1.29 is 4.79 Å². The fourth-order valence-electron chi connectivity index (χ4n) is 2.17. The second kappa shape index (κ2) is 3.69. The minimum atomic E-state index is -0.727. The molecule has 2 saturated carbocycles. The average Bonchev–Trinajstić information content (AvgIpc) is 3.03. The van der Waals surface area contributed by atoms with Gasteiger partial charge in [-0.25, -0.2) is 0 Å². The Kier molecular flexibility index (Phi) is 2.73. The van der Waals surface area contributed by atoms with E-state index in [0.29, 0.717) is 5.41 Å². The monoisotopic (exact) mass is 240 g/mol. The summed E-state index contributed by atoms with van der Waals surface area (Å²) in [6.45, 7) is 4.37. The van der Waals surface area contributed by atoms with Crippen LogP contribution in [0, 0.1) is 16.7 Å². The first kappa shape index (κ1) is 11.8. The lowest BCUT2D eigenvalue weighted by molar-refractivity contribution is -0.126. The van der Waals surface area contributed by atoms with Crippen LogP contribution in [0.15, 0.2) is 0 Å². The summed E-state index contributed by atoms with van der Waals surface area (Å²) in [5.74, 6) is 0.827. The average molecular weight is 240 g/mol. The quantitative estimate of drug-likeness (QED) is 0.718. The molecule has 2 aliphatic carbocycles. The molecule has 0 aliphatic heterocycles. The largest absolute Gasteiger partial charge is 0.392 e. The van der Waals surface area contributed by atoms with Gasteiger partial charge in [0.15, 0.2) is 0 Å². The van der Waals surface area contributed by atoms with Crippen LogP contribution in [0.5, 0.6) is 0 Å². The molecular formula is C12H20N2OS. The standard InChI is InChI=1S/C12H20N2OS/c1-11(2,9(13)16)10(15)14-7-12(5-6-12)8-3-4-8/h8H,3-7H2,1-2H3,(H2,13,16)(H,14,15). The highest BCUT2D eigenvalue weighted by Gasteiger charge is 2.53. The summed E-state index contributed by atoms with van der Waals surface area (Å²) in [4.78, 5) is 12.2. The van der Waals surface area contributed by atoms with Crippen molar-refractivity contribution in [3.63, 3.8) is 0 Å². The maximum absolute atomic E-state index is 11.9. The van der Waals surface area contributed by atoms with Gasteiger partial charge in [0, 0.05) is 6.54 Å². The smallest absolute Gasteiger partial charge is 0.232 e. The minimum absolute atomic E-state index is 0.0353. The van der Waals surface area contributed by atoms with E-state index in [4.69, 9.17) is 18.0 Å². The van der Waals surface area contributed by atoms with Crippen molar-refractivity contribution >= 4 is 23.1 Å². The number of carbonyl (C=O) groups excluding carboxylic acids is 1. The molecule has 0 aromatic rings. The lowest BCUT2D eigenvalue weighted by atomic mass is 9.91. The van der Waals surface area contributed by atoms with Gasteiger partial charge in [0.1, 0.15) is 0 Å². The summed E-state index contributed by atoms with van der Waals surface area (Å²) in [5, 5.41) is 3.02. The molecule has 16 heavy (non-hydrogen) atoms. The molecular weight excluding hydrogens is 220 g/mol. The van der Waals surface area contributed by atoms with E-state index in [1.807, 2.05) is 0 Å². The molecule has 0 unspecified atom stereocenters. The van der Waals surface area contributed by atoms with Crippen LogP contribution in [0.4, 0.5) is 0 Å². The van der Waals surface area contributed by atoms with Crippen LogP contribution in [0.2, 0.25) is 0 Å². The van der Waals surface area contributed by atoms with E-state index in [1.165, 1.54) is 25.7 Å². The van der Waals surface area contributed by atoms with Crippen LogP contribution in [0.1, 0.15) is 39.5 Å². The SMILES string of the molecule is CC(C)(C(=O)NCC1(C2CC2)CC1)C(N)=S. The van der Waals surface area contributed by atoms with Crippen molar-refractivity contribution in [3.8, 4) is 0 Å². The molecule has 2 rings (SSSR count). The van der Waals surface area contributed by atoms with Gasteiger partial charge in [-0.05, 0) is 50.9 Å². The van der Waals surface area contributed by atoms with Gasteiger partial charge in [-0.2, -0.15) is 0 Å². The molecule has 2 aliphatic rings. The van der Waals surface area contributed by atoms with Crippen LogP contribution in [-0.4, -0.2) is 17.4 Å². The number of thiocarbonyl (C=S) groups is 1. The Morgan fingerprint density at radius 3 is 2.44 bits per heavy atom. The molecule has 0 atom stereocenters. The van der Waals surface area contributed by atoms with Crippen molar-refractivity contribution in [2.24, 2.45) is 22.5 Å². The van der Waals surface area contributed by atoms with Crippen LogP contribution in [-0.2, 0) is 4.79 Å². The van der Waals surface area contributed by atoms with Gasteiger partial charge in [-0.1, -0.05) is 12.2 Å². The van der Waals surface area contributed by atoms with E-state index in [9.17, 15) is 4.79 Å². The summed E-state index contributed by atoms with van der Waals surface area (Å²) in [6.07, 6.45) is 5.22. The Bertz CT molecular complexity index is 330. The molecule has 3 N–H and O–H groups in total. The van der Waals surface area contributed by atoms with Crippen molar-refractivity contribution in [2.45, 2.75) is 39.5 Å². The molecule has 1 amide bonds. The molecule has 0 saturated heterocycles. The first-order valence-corrected chi connectivity index (χ1v) is 6.37. The van der Waals surface area contributed by atoms with Gasteiger partial charge in [-0.3, -0.25) is 4.79 Å². The molecule has 0 bridgehead atoms. The number of hydrogen-bond acceptors (Lipinski definition) is 2. The van der Waals surface area contributed by atoms with E-state index in [-0.39, 0.29) is 10.9 Å². The normalized spacial score (nSPS) is 22.6. The van der Waals surface area contributed by atoms with E-state index in [1.54, 1.807) is 13.8 Å². The highest BCUT2D eigenvalue weighted by Crippen LogP contribution is 2.60. The molecule has 0 heterocycles. The Balaban J connectivity index is 1.86. The van der Waals surface area contributed by atoms with Crippen LogP contribution in [0.3, 0.4) is 0 Å². The summed E-state index contributed by atoms with van der Waals surface area (Å²) in [5.41, 5.74) is 5.27. The lowest BCUT2D eigenvalue weighted by Crippen LogP contribution is -2.46. The molecule has 4 heteroatoms. The summed E-state index contributed by atoms with van der Waals surface area (Å²) < 4.78 is 0. The third-order valence-electron chi connectivity index (χ3n) is 4.12. The molecule has 3 nitrogen and oxygen atoms in total. The van der Waals surface area contributed by atoms with Crippen molar-refractivity contribution in [2.75, 3.05) is 6.54 Å². The third-order valence-corrected chi connectivity index (χ3v) is 4.63. The second-order valence-electron chi connectivity index (χ2n) is 5.81. The fraction of sp³-hybridized carbons (Fsp3) is 0.833. The summed E-state index contributed by atoms with van der Waals surface area (Å²) in [7, 11) is 0. The van der Waals surface area contributed by atoms with Crippen molar-refractivity contribution in [3.05, 3.63) is 0 Å². The Morgan fingerprint density at radius 2 is 2.06 bits per heavy atom. The van der Waals surface area contributed by atoms with Crippen molar-refractivity contribution in [1.82, 2.24) is 5.32 Å². The Morgan fingerprint density at radius 1 is 1.50 bits per heavy atom. The predicted molar refractivity (Wildman–Crippen MR) is 68.0 cm³/mol. The zero-order chi connectivity index (χ0) is 12.0. The number of hydrogen-bond donors (Lipinski definition) is 2. The summed E-state index contributed by atoms with van der Waals surface area (Å²) in [6, 6.07) is 0. The molecule has 0 aromatic heterocycles. The first-order valence-electron chi connectivity index (χ1n) is 5.97. The number of amides is 1. The highest BCUT2D eigenvalue weighted by atomic mass is 32.1. The van der Waals surface area contributed by atoms with Gasteiger partial charge in [0.2, 0.25) is 5.91 Å². The van der Waals surface area contributed by atoms with Gasteiger partial charge >= 0.3 is 0 Å². The molecule has 0 spiro atoms. The number of carbonyl (C=O) groups is 1. The van der Waals surface area contributed by atoms with Crippen LogP contribution >= 0.6 is 12.2 Å². The zero-order valence-electron chi connectivity index (χ0n) is 10.0. The van der Waals surface area contributed by atoms with Gasteiger partial charge in [0.25, 0.3) is 0 Å². The molecule has 2 fully saturated rings. The van der Waals surface area contributed by atoms with E-state index in [0.717, 1.165) is 12.5 Å². The van der Waals surface area contributed by atoms with E-state index >= 15 is 0 Å². The number of nitrogens with two attached hydrogens (primary N) is 1. The van der Waals surface area contributed by atoms with Crippen molar-refractivity contribution in [1.29, 1.82) is 0 Å². The lowest BCUT2D eigenvalue weighted by Gasteiger charge is -2.24.